The molecule has 2 nitrogen and oxygen atoms in total. The van der Waals surface area contributed by atoms with Crippen LogP contribution < -0.4 is 5.73 Å². The number of hydrogen-bond acceptors (Lipinski definition) is 1. The molecule has 0 aromatic heterocycles. The topological polar surface area (TPSA) is 43.1 Å². The van der Waals surface area contributed by atoms with Crippen LogP contribution in [0.25, 0.3) is 0 Å². The Morgan fingerprint density at radius 1 is 1.33 bits per heavy atom. The van der Waals surface area contributed by atoms with Crippen molar-refractivity contribution in [3.8, 4) is 0 Å². The fourth-order valence-corrected chi connectivity index (χ4v) is 0.366. The van der Waals surface area contributed by atoms with Crippen LogP contribution in [-0.2, 0) is 4.79 Å². The number of rotatable bonds is 3. The van der Waals surface area contributed by atoms with Crippen molar-refractivity contribution >= 4 is 5.91 Å². The van der Waals surface area contributed by atoms with Crippen LogP contribution >= 0.6 is 0 Å². The van der Waals surface area contributed by atoms with Crippen LogP contribution in [0.4, 0.5) is 0 Å². The molecule has 0 aliphatic heterocycles. The summed E-state index contributed by atoms with van der Waals surface area (Å²) in [5.41, 5.74) is 4.84. The van der Waals surface area contributed by atoms with Gasteiger partial charge in [-0.3, -0.25) is 4.79 Å². The van der Waals surface area contributed by atoms with Gasteiger partial charge in [-0.25, -0.2) is 0 Å². The number of carbonyl (C=O) groups excluding carboxylic acids is 1. The van der Waals surface area contributed by atoms with Crippen molar-refractivity contribution in [2.24, 2.45) is 11.7 Å². The van der Waals surface area contributed by atoms with E-state index in [4.69, 9.17) is 5.73 Å². The van der Waals surface area contributed by atoms with E-state index in [9.17, 15) is 4.79 Å². The average Bonchev–Trinajstić information content (AvgIpc) is 1.86. The summed E-state index contributed by atoms with van der Waals surface area (Å²) in [5.74, 6) is 0.565. The Kier molecular flexibility index (Phi) is 11.7. The summed E-state index contributed by atoms with van der Waals surface area (Å²) in [6.07, 6.45) is 5.04. The average molecular weight is 171 g/mol. The van der Waals surface area contributed by atoms with Gasteiger partial charge in [-0.05, 0) is 12.3 Å². The van der Waals surface area contributed by atoms with Crippen molar-refractivity contribution in [3.63, 3.8) is 0 Å². The maximum Gasteiger partial charge on any atom is 0.221 e. The molecule has 0 spiro atoms. The Balaban J connectivity index is 0. The molecular formula is C10H21NO. The third-order valence-corrected chi connectivity index (χ3v) is 0.721. The van der Waals surface area contributed by atoms with Crippen LogP contribution in [0.2, 0.25) is 0 Å². The number of primary amides is 1. The van der Waals surface area contributed by atoms with Crippen LogP contribution in [0, 0.1) is 5.92 Å². The standard InChI is InChI=1S/C6H11NO.C4H10/c1-2-3-4-5-6(7)8;1-4(2)3/h3-4H,2,5H2,1H3,(H2,7,8);4H,1-3H3/b4-3+;. The highest BCUT2D eigenvalue weighted by Crippen LogP contribution is 1.83. The fourth-order valence-electron chi connectivity index (χ4n) is 0.366. The zero-order chi connectivity index (χ0) is 9.98. The Morgan fingerprint density at radius 2 is 1.75 bits per heavy atom. The van der Waals surface area contributed by atoms with Crippen molar-refractivity contribution in [3.05, 3.63) is 12.2 Å². The Hall–Kier alpha value is -0.790. The van der Waals surface area contributed by atoms with Crippen molar-refractivity contribution in [1.82, 2.24) is 0 Å². The van der Waals surface area contributed by atoms with Gasteiger partial charge in [0.2, 0.25) is 5.91 Å². The van der Waals surface area contributed by atoms with Crippen LogP contribution in [0.15, 0.2) is 12.2 Å². The van der Waals surface area contributed by atoms with Gasteiger partial charge in [0, 0.05) is 6.42 Å². The SMILES string of the molecule is CC(C)C.CC/C=C/CC(N)=O. The lowest BCUT2D eigenvalue weighted by Crippen LogP contribution is -2.07. The van der Waals surface area contributed by atoms with Crippen LogP contribution in [0.3, 0.4) is 0 Å². The Morgan fingerprint density at radius 3 is 2.00 bits per heavy atom. The molecule has 12 heavy (non-hydrogen) atoms. The highest BCUT2D eigenvalue weighted by Gasteiger charge is 1.83. The molecule has 0 radical (unpaired) electrons. The maximum absolute atomic E-state index is 10.0. The largest absolute Gasteiger partial charge is 0.369 e. The van der Waals surface area contributed by atoms with Gasteiger partial charge in [0.15, 0.2) is 0 Å². The first-order valence-electron chi connectivity index (χ1n) is 4.44. The van der Waals surface area contributed by atoms with Crippen molar-refractivity contribution in [2.75, 3.05) is 0 Å². The zero-order valence-corrected chi connectivity index (χ0v) is 8.63. The predicted octanol–water partition coefficient (Wildman–Crippen LogP) is 2.49. The molecule has 0 saturated carbocycles. The second-order valence-corrected chi connectivity index (χ2v) is 3.28. The Labute approximate surface area is 75.8 Å². The molecule has 0 bridgehead atoms. The molecule has 2 N–H and O–H groups in total. The van der Waals surface area contributed by atoms with E-state index in [-0.39, 0.29) is 5.91 Å². The first kappa shape index (κ1) is 13.8. The molecule has 2 heteroatoms. The number of allylic oxidation sites excluding steroid dienone is 1. The lowest BCUT2D eigenvalue weighted by atomic mass is 10.3. The normalized spacial score (nSPS) is 9.75. The highest BCUT2D eigenvalue weighted by molar-refractivity contribution is 5.75. The maximum atomic E-state index is 10.0. The summed E-state index contributed by atoms with van der Waals surface area (Å²) in [6, 6.07) is 0. The van der Waals surface area contributed by atoms with E-state index >= 15 is 0 Å². The quantitative estimate of drug-likeness (QED) is 0.651. The molecular weight excluding hydrogens is 150 g/mol. The van der Waals surface area contributed by atoms with Gasteiger partial charge in [0.05, 0.1) is 0 Å². The summed E-state index contributed by atoms with van der Waals surface area (Å²) in [7, 11) is 0. The molecule has 0 unspecified atom stereocenters. The summed E-state index contributed by atoms with van der Waals surface area (Å²) < 4.78 is 0. The van der Waals surface area contributed by atoms with Crippen molar-refractivity contribution in [2.45, 2.75) is 40.5 Å². The molecule has 1 amide bonds. The summed E-state index contributed by atoms with van der Waals surface area (Å²) >= 11 is 0. The van der Waals surface area contributed by atoms with Gasteiger partial charge < -0.3 is 5.73 Å². The van der Waals surface area contributed by atoms with Crippen LogP contribution in [-0.4, -0.2) is 5.91 Å². The minimum absolute atomic E-state index is 0.269. The minimum atomic E-state index is -0.269. The van der Waals surface area contributed by atoms with Crippen LogP contribution in [0.1, 0.15) is 40.5 Å². The Bertz CT molecular complexity index is 125. The third-order valence-electron chi connectivity index (χ3n) is 0.721. The first-order chi connectivity index (χ1) is 5.50. The van der Waals surface area contributed by atoms with Gasteiger partial charge in [-0.2, -0.15) is 0 Å². The summed E-state index contributed by atoms with van der Waals surface area (Å²) in [6.45, 7) is 8.51. The minimum Gasteiger partial charge on any atom is -0.369 e. The zero-order valence-electron chi connectivity index (χ0n) is 8.63. The molecule has 0 fully saturated rings. The van der Waals surface area contributed by atoms with E-state index in [1.165, 1.54) is 0 Å². The van der Waals surface area contributed by atoms with E-state index in [1.54, 1.807) is 6.08 Å². The molecule has 0 aliphatic rings. The molecule has 0 heterocycles. The smallest absolute Gasteiger partial charge is 0.221 e. The molecule has 0 aromatic carbocycles. The second-order valence-electron chi connectivity index (χ2n) is 3.28. The monoisotopic (exact) mass is 171 g/mol. The van der Waals surface area contributed by atoms with Gasteiger partial charge >= 0.3 is 0 Å². The predicted molar refractivity (Wildman–Crippen MR) is 53.8 cm³/mol. The van der Waals surface area contributed by atoms with Gasteiger partial charge in [0.25, 0.3) is 0 Å². The number of carbonyl (C=O) groups is 1. The second kappa shape index (κ2) is 10.2. The lowest BCUT2D eigenvalue weighted by Gasteiger charge is -1.81. The van der Waals surface area contributed by atoms with E-state index in [1.807, 2.05) is 13.0 Å². The van der Waals surface area contributed by atoms with Crippen LogP contribution in [0.5, 0.6) is 0 Å². The van der Waals surface area contributed by atoms with Crippen molar-refractivity contribution in [1.29, 1.82) is 0 Å². The fraction of sp³-hybridized carbons (Fsp3) is 0.700. The highest BCUT2D eigenvalue weighted by atomic mass is 16.1. The molecule has 0 aliphatic carbocycles. The van der Waals surface area contributed by atoms with E-state index in [0.29, 0.717) is 6.42 Å². The lowest BCUT2D eigenvalue weighted by molar-refractivity contribution is -0.117. The van der Waals surface area contributed by atoms with E-state index in [0.717, 1.165) is 12.3 Å². The third kappa shape index (κ3) is 35.0. The summed E-state index contributed by atoms with van der Waals surface area (Å²) in [4.78, 5) is 10.0. The van der Waals surface area contributed by atoms with Gasteiger partial charge in [-0.1, -0.05) is 39.8 Å². The molecule has 0 rings (SSSR count). The van der Waals surface area contributed by atoms with E-state index < -0.39 is 0 Å². The number of amides is 1. The first-order valence-corrected chi connectivity index (χ1v) is 4.44. The number of nitrogens with two attached hydrogens (primary N) is 1. The molecule has 0 aromatic rings. The molecule has 72 valence electrons. The van der Waals surface area contributed by atoms with E-state index in [2.05, 4.69) is 20.8 Å². The number of hydrogen-bond donors (Lipinski definition) is 1. The van der Waals surface area contributed by atoms with Crippen molar-refractivity contribution < 1.29 is 4.79 Å². The summed E-state index contributed by atoms with van der Waals surface area (Å²) in [5, 5.41) is 0. The molecule has 0 atom stereocenters. The molecule has 0 saturated heterocycles. The van der Waals surface area contributed by atoms with Gasteiger partial charge in [0.1, 0.15) is 0 Å². The van der Waals surface area contributed by atoms with Gasteiger partial charge in [-0.15, -0.1) is 0 Å².